The largest absolute Gasteiger partial charge is 0.481 e. The third kappa shape index (κ3) is 5.09. The number of carboxylic acid groups (broad SMARTS) is 1. The first-order valence-electron chi connectivity index (χ1n) is 7.63. The molecule has 0 radical (unpaired) electrons. The quantitative estimate of drug-likeness (QED) is 0.870. The van der Waals surface area contributed by atoms with Crippen molar-refractivity contribution in [3.8, 4) is 5.75 Å². The number of morpholine rings is 1. The number of para-hydroxylation sites is 1. The molecule has 1 fully saturated rings. The number of carbonyl (C=O) groups is 2. The summed E-state index contributed by atoms with van der Waals surface area (Å²) in [5.41, 5.74) is -0.958. The molecule has 2 atom stereocenters. The number of carboxylic acids is 1. The molecule has 1 aliphatic heterocycles. The fraction of sp³-hybridized carbons (Fsp3) is 0.500. The zero-order valence-corrected chi connectivity index (χ0v) is 13.5. The van der Waals surface area contributed by atoms with Gasteiger partial charge in [-0.1, -0.05) is 12.1 Å². The van der Waals surface area contributed by atoms with Gasteiger partial charge in [-0.2, -0.15) is 13.2 Å². The van der Waals surface area contributed by atoms with E-state index in [4.69, 9.17) is 14.6 Å². The van der Waals surface area contributed by atoms with Crippen LogP contribution in [0.15, 0.2) is 24.3 Å². The molecule has 1 heterocycles. The third-order valence-corrected chi connectivity index (χ3v) is 3.70. The van der Waals surface area contributed by atoms with Crippen molar-refractivity contribution >= 4 is 11.9 Å². The van der Waals surface area contributed by atoms with Crippen LogP contribution < -0.4 is 4.74 Å². The van der Waals surface area contributed by atoms with Gasteiger partial charge >= 0.3 is 12.1 Å². The van der Waals surface area contributed by atoms with Crippen LogP contribution in [-0.4, -0.2) is 53.8 Å². The number of carbonyl (C=O) groups excluding carboxylic acids is 1. The first-order chi connectivity index (χ1) is 11.7. The summed E-state index contributed by atoms with van der Waals surface area (Å²) in [4.78, 5) is 24.5. The zero-order valence-electron chi connectivity index (χ0n) is 13.5. The molecule has 0 bridgehead atoms. The van der Waals surface area contributed by atoms with Crippen LogP contribution in [-0.2, 0) is 20.5 Å². The predicted molar refractivity (Wildman–Crippen MR) is 80.1 cm³/mol. The van der Waals surface area contributed by atoms with Crippen molar-refractivity contribution < 1.29 is 37.3 Å². The Hall–Kier alpha value is -2.29. The SMILES string of the molecule is C[C@H](Oc1ccccc1C(F)(F)F)C(=O)N1CCO[C@H](CC(=O)O)C1. The fourth-order valence-electron chi connectivity index (χ4n) is 2.54. The monoisotopic (exact) mass is 361 g/mol. The summed E-state index contributed by atoms with van der Waals surface area (Å²) in [5.74, 6) is -2.00. The molecule has 1 aliphatic rings. The number of rotatable bonds is 5. The van der Waals surface area contributed by atoms with Crippen LogP contribution in [0.3, 0.4) is 0 Å². The Kier molecular flexibility index (Phi) is 5.89. The van der Waals surface area contributed by atoms with Gasteiger partial charge in [-0.3, -0.25) is 9.59 Å². The van der Waals surface area contributed by atoms with E-state index in [0.717, 1.165) is 12.1 Å². The first-order valence-corrected chi connectivity index (χ1v) is 7.63. The molecule has 1 aromatic carbocycles. The molecule has 9 heteroatoms. The molecular formula is C16H18F3NO5. The van der Waals surface area contributed by atoms with E-state index in [1.165, 1.54) is 24.0 Å². The lowest BCUT2D eigenvalue weighted by Crippen LogP contribution is -2.50. The lowest BCUT2D eigenvalue weighted by molar-refractivity contribution is -0.152. The van der Waals surface area contributed by atoms with E-state index in [9.17, 15) is 22.8 Å². The van der Waals surface area contributed by atoms with E-state index in [1.54, 1.807) is 0 Å². The van der Waals surface area contributed by atoms with E-state index in [2.05, 4.69) is 0 Å². The van der Waals surface area contributed by atoms with E-state index < -0.39 is 41.6 Å². The standard InChI is InChI=1S/C16H18F3NO5/c1-10(25-13-5-3-2-4-12(13)16(17,18)19)15(23)20-6-7-24-11(9-20)8-14(21)22/h2-5,10-11H,6-9H2,1H3,(H,21,22)/t10-,11+/m0/s1. The Labute approximate surface area is 142 Å². The predicted octanol–water partition coefficient (Wildman–Crippen LogP) is 2.17. The van der Waals surface area contributed by atoms with E-state index >= 15 is 0 Å². The Bertz CT molecular complexity index is 634. The van der Waals surface area contributed by atoms with Crippen LogP contribution in [0.4, 0.5) is 13.2 Å². The number of alkyl halides is 3. The molecule has 0 spiro atoms. The second-order valence-corrected chi connectivity index (χ2v) is 5.63. The molecule has 0 aliphatic carbocycles. The Balaban J connectivity index is 2.05. The molecule has 6 nitrogen and oxygen atoms in total. The highest BCUT2D eigenvalue weighted by Crippen LogP contribution is 2.36. The minimum atomic E-state index is -4.59. The van der Waals surface area contributed by atoms with E-state index in [0.29, 0.717) is 0 Å². The van der Waals surface area contributed by atoms with Crippen LogP contribution in [0, 0.1) is 0 Å². The number of halogens is 3. The van der Waals surface area contributed by atoms with Gasteiger partial charge in [-0.15, -0.1) is 0 Å². The molecule has 1 amide bonds. The summed E-state index contributed by atoms with van der Waals surface area (Å²) < 4.78 is 49.4. The van der Waals surface area contributed by atoms with Gasteiger partial charge in [0, 0.05) is 13.1 Å². The van der Waals surface area contributed by atoms with Gasteiger partial charge in [0.25, 0.3) is 5.91 Å². The molecule has 0 aromatic heterocycles. The normalized spacial score (nSPS) is 19.4. The molecule has 0 unspecified atom stereocenters. The van der Waals surface area contributed by atoms with E-state index in [1.807, 2.05) is 0 Å². The second kappa shape index (κ2) is 7.73. The van der Waals surface area contributed by atoms with Crippen molar-refractivity contribution in [3.05, 3.63) is 29.8 Å². The number of amides is 1. The van der Waals surface area contributed by atoms with Gasteiger partial charge in [-0.05, 0) is 19.1 Å². The van der Waals surface area contributed by atoms with Crippen molar-refractivity contribution in [1.82, 2.24) is 4.90 Å². The summed E-state index contributed by atoms with van der Waals surface area (Å²) in [6.45, 7) is 1.80. The van der Waals surface area contributed by atoms with Crippen molar-refractivity contribution in [2.75, 3.05) is 19.7 Å². The average molecular weight is 361 g/mol. The van der Waals surface area contributed by atoms with Crippen LogP contribution in [0.5, 0.6) is 5.75 Å². The van der Waals surface area contributed by atoms with Crippen molar-refractivity contribution in [3.63, 3.8) is 0 Å². The second-order valence-electron chi connectivity index (χ2n) is 5.63. The number of aliphatic carboxylic acids is 1. The average Bonchev–Trinajstić information content (AvgIpc) is 2.53. The lowest BCUT2D eigenvalue weighted by atomic mass is 10.1. The van der Waals surface area contributed by atoms with Gasteiger partial charge in [-0.25, -0.2) is 0 Å². The smallest absolute Gasteiger partial charge is 0.419 e. The number of hydrogen-bond acceptors (Lipinski definition) is 4. The van der Waals surface area contributed by atoms with Crippen molar-refractivity contribution in [2.45, 2.75) is 31.7 Å². The summed E-state index contributed by atoms with van der Waals surface area (Å²) in [7, 11) is 0. The molecule has 0 saturated carbocycles. The summed E-state index contributed by atoms with van der Waals surface area (Å²) >= 11 is 0. The minimum absolute atomic E-state index is 0.0553. The number of benzene rings is 1. The molecule has 25 heavy (non-hydrogen) atoms. The highest BCUT2D eigenvalue weighted by atomic mass is 19.4. The zero-order chi connectivity index (χ0) is 18.6. The van der Waals surface area contributed by atoms with Gasteiger partial charge in [0.2, 0.25) is 0 Å². The minimum Gasteiger partial charge on any atom is -0.481 e. The summed E-state index contributed by atoms with van der Waals surface area (Å²) in [6.07, 6.45) is -6.64. The van der Waals surface area contributed by atoms with Gasteiger partial charge < -0.3 is 19.5 Å². The topological polar surface area (TPSA) is 76.1 Å². The summed E-state index contributed by atoms with van der Waals surface area (Å²) in [5, 5.41) is 8.79. The lowest BCUT2D eigenvalue weighted by Gasteiger charge is -2.34. The van der Waals surface area contributed by atoms with Gasteiger partial charge in [0.05, 0.1) is 24.7 Å². The van der Waals surface area contributed by atoms with Crippen LogP contribution in [0.2, 0.25) is 0 Å². The first kappa shape index (κ1) is 19.0. The molecule has 1 N–H and O–H groups in total. The van der Waals surface area contributed by atoms with Gasteiger partial charge in [0.1, 0.15) is 5.75 Å². The highest BCUT2D eigenvalue weighted by molar-refractivity contribution is 5.81. The Morgan fingerprint density at radius 1 is 1.40 bits per heavy atom. The maximum Gasteiger partial charge on any atom is 0.419 e. The molecule has 2 rings (SSSR count). The fourth-order valence-corrected chi connectivity index (χ4v) is 2.54. The number of hydrogen-bond donors (Lipinski definition) is 1. The van der Waals surface area contributed by atoms with Crippen LogP contribution >= 0.6 is 0 Å². The molecular weight excluding hydrogens is 343 g/mol. The van der Waals surface area contributed by atoms with Crippen molar-refractivity contribution in [2.24, 2.45) is 0 Å². The maximum atomic E-state index is 13.0. The summed E-state index contributed by atoms with van der Waals surface area (Å²) in [6, 6.07) is 4.66. The van der Waals surface area contributed by atoms with Gasteiger partial charge in [0.15, 0.2) is 6.10 Å². The third-order valence-electron chi connectivity index (χ3n) is 3.70. The Morgan fingerprint density at radius 2 is 2.08 bits per heavy atom. The number of ether oxygens (including phenoxy) is 2. The van der Waals surface area contributed by atoms with Crippen LogP contribution in [0.1, 0.15) is 18.9 Å². The maximum absolute atomic E-state index is 13.0. The van der Waals surface area contributed by atoms with Crippen LogP contribution in [0.25, 0.3) is 0 Å². The molecule has 1 saturated heterocycles. The Morgan fingerprint density at radius 3 is 2.72 bits per heavy atom. The highest BCUT2D eigenvalue weighted by Gasteiger charge is 2.35. The number of nitrogens with zero attached hydrogens (tertiary/aromatic N) is 1. The van der Waals surface area contributed by atoms with Crippen molar-refractivity contribution in [1.29, 1.82) is 0 Å². The molecule has 138 valence electrons. The molecule has 1 aromatic rings. The van der Waals surface area contributed by atoms with E-state index in [-0.39, 0.29) is 26.1 Å².